The molecular formula is C16H23N3. The normalized spacial score (nSPS) is 17.1. The zero-order chi connectivity index (χ0) is 13.7. The van der Waals surface area contributed by atoms with Crippen LogP contribution >= 0.6 is 0 Å². The molecule has 1 atom stereocenters. The van der Waals surface area contributed by atoms with E-state index in [4.69, 9.17) is 5.73 Å². The smallest absolute Gasteiger partial charge is 0.0486 e. The number of hydrogen-bond acceptors (Lipinski definition) is 2. The van der Waals surface area contributed by atoms with E-state index in [-0.39, 0.29) is 6.04 Å². The Labute approximate surface area is 115 Å². The van der Waals surface area contributed by atoms with E-state index >= 15 is 0 Å². The third-order valence-corrected chi connectivity index (χ3v) is 4.35. The van der Waals surface area contributed by atoms with E-state index < -0.39 is 0 Å². The van der Waals surface area contributed by atoms with Crippen molar-refractivity contribution in [2.75, 3.05) is 7.05 Å². The van der Waals surface area contributed by atoms with Gasteiger partial charge in [0.25, 0.3) is 0 Å². The molecule has 19 heavy (non-hydrogen) atoms. The quantitative estimate of drug-likeness (QED) is 0.896. The second-order valence-electron chi connectivity index (χ2n) is 6.11. The van der Waals surface area contributed by atoms with E-state index in [1.807, 2.05) is 0 Å². The summed E-state index contributed by atoms with van der Waals surface area (Å²) in [6.07, 6.45) is 0.956. The van der Waals surface area contributed by atoms with Crippen LogP contribution in [-0.4, -0.2) is 22.6 Å². The first-order valence-corrected chi connectivity index (χ1v) is 7.01. The van der Waals surface area contributed by atoms with Gasteiger partial charge in [0, 0.05) is 42.8 Å². The number of rotatable bonds is 2. The fourth-order valence-corrected chi connectivity index (χ4v) is 3.29. The van der Waals surface area contributed by atoms with E-state index in [1.165, 1.54) is 33.3 Å². The summed E-state index contributed by atoms with van der Waals surface area (Å²) in [5, 5.41) is 1.39. The summed E-state index contributed by atoms with van der Waals surface area (Å²) in [6, 6.07) is 4.96. The van der Waals surface area contributed by atoms with E-state index in [1.54, 1.807) is 0 Å². The molecule has 1 aromatic heterocycles. The molecular weight excluding hydrogens is 234 g/mol. The van der Waals surface area contributed by atoms with Crippen LogP contribution in [0.2, 0.25) is 0 Å². The molecule has 0 fully saturated rings. The molecule has 0 spiro atoms. The first-order chi connectivity index (χ1) is 8.97. The molecule has 0 saturated carbocycles. The minimum Gasteiger partial charge on any atom is -0.348 e. The van der Waals surface area contributed by atoms with Crippen molar-refractivity contribution in [1.82, 2.24) is 9.47 Å². The van der Waals surface area contributed by atoms with Crippen molar-refractivity contribution in [3.63, 3.8) is 0 Å². The van der Waals surface area contributed by atoms with Gasteiger partial charge in [0.15, 0.2) is 0 Å². The second-order valence-corrected chi connectivity index (χ2v) is 6.11. The van der Waals surface area contributed by atoms with E-state index in [0.29, 0.717) is 0 Å². The molecule has 3 rings (SSSR count). The molecule has 0 radical (unpaired) electrons. The fraction of sp³-hybridized carbons (Fsp3) is 0.500. The van der Waals surface area contributed by atoms with Gasteiger partial charge < -0.3 is 10.3 Å². The van der Waals surface area contributed by atoms with Gasteiger partial charge in [-0.1, -0.05) is 0 Å². The molecule has 1 aromatic carbocycles. The Morgan fingerprint density at radius 1 is 1.21 bits per heavy atom. The second kappa shape index (κ2) is 4.36. The van der Waals surface area contributed by atoms with Crippen molar-refractivity contribution >= 4 is 10.9 Å². The molecule has 2 aromatic rings. The monoisotopic (exact) mass is 257 g/mol. The van der Waals surface area contributed by atoms with Crippen LogP contribution in [0.3, 0.4) is 0 Å². The number of aromatic nitrogens is 1. The van der Waals surface area contributed by atoms with Crippen molar-refractivity contribution in [3.05, 3.63) is 34.5 Å². The summed E-state index contributed by atoms with van der Waals surface area (Å²) < 4.78 is 2.31. The van der Waals surface area contributed by atoms with Gasteiger partial charge in [0.2, 0.25) is 0 Å². The average Bonchev–Trinajstić information content (AvgIpc) is 2.79. The van der Waals surface area contributed by atoms with Crippen molar-refractivity contribution in [1.29, 1.82) is 0 Å². The summed E-state index contributed by atoms with van der Waals surface area (Å²) in [5.74, 6) is 0. The number of hydrogen-bond donors (Lipinski definition) is 1. The van der Waals surface area contributed by atoms with E-state index in [2.05, 4.69) is 49.5 Å². The highest BCUT2D eigenvalue weighted by Crippen LogP contribution is 2.32. The first-order valence-electron chi connectivity index (χ1n) is 7.01. The number of nitrogens with zero attached hydrogens (tertiary/aromatic N) is 2. The highest BCUT2D eigenvalue weighted by atomic mass is 15.1. The van der Waals surface area contributed by atoms with Crippen LogP contribution in [0, 0.1) is 6.92 Å². The van der Waals surface area contributed by atoms with Gasteiger partial charge in [-0.2, -0.15) is 0 Å². The van der Waals surface area contributed by atoms with Crippen LogP contribution in [0.5, 0.6) is 0 Å². The Hall–Kier alpha value is -1.32. The standard InChI is InChI=1S/C16H23N3/c1-10(17)5-14-11(2)19(4)16-7-13-9-18(3)8-12(13)6-15(14)16/h6-7,10H,5,8-9,17H2,1-4H3. The number of aryl methyl sites for hydroxylation is 1. The largest absolute Gasteiger partial charge is 0.348 e. The Balaban J connectivity index is 2.22. The van der Waals surface area contributed by atoms with Crippen molar-refractivity contribution in [2.24, 2.45) is 12.8 Å². The molecule has 2 heterocycles. The Kier molecular flexibility index (Phi) is 2.91. The minimum absolute atomic E-state index is 0.209. The van der Waals surface area contributed by atoms with E-state index in [9.17, 15) is 0 Å². The van der Waals surface area contributed by atoms with Crippen LogP contribution in [0.25, 0.3) is 10.9 Å². The summed E-state index contributed by atoms with van der Waals surface area (Å²) in [5.41, 5.74) is 13.1. The lowest BCUT2D eigenvalue weighted by Crippen LogP contribution is -2.18. The third kappa shape index (κ3) is 1.97. The topological polar surface area (TPSA) is 34.2 Å². The molecule has 0 aliphatic carbocycles. The summed E-state index contributed by atoms with van der Waals surface area (Å²) in [6.45, 7) is 6.42. The molecule has 102 valence electrons. The van der Waals surface area contributed by atoms with Crippen LogP contribution in [0.15, 0.2) is 12.1 Å². The van der Waals surface area contributed by atoms with Gasteiger partial charge in [-0.25, -0.2) is 0 Å². The maximum Gasteiger partial charge on any atom is 0.0486 e. The van der Waals surface area contributed by atoms with Crippen LogP contribution in [-0.2, 0) is 26.6 Å². The van der Waals surface area contributed by atoms with Gasteiger partial charge in [-0.05, 0) is 56.1 Å². The lowest BCUT2D eigenvalue weighted by Gasteiger charge is -2.06. The predicted octanol–water partition coefficient (Wildman–Crippen LogP) is 2.32. The van der Waals surface area contributed by atoms with Crippen molar-refractivity contribution < 1.29 is 0 Å². The summed E-state index contributed by atoms with van der Waals surface area (Å²) in [4.78, 5) is 2.36. The molecule has 1 unspecified atom stereocenters. The fourth-order valence-electron chi connectivity index (χ4n) is 3.29. The Morgan fingerprint density at radius 2 is 1.84 bits per heavy atom. The summed E-state index contributed by atoms with van der Waals surface area (Å²) in [7, 11) is 4.34. The molecule has 2 N–H and O–H groups in total. The predicted molar refractivity (Wildman–Crippen MR) is 80.2 cm³/mol. The minimum atomic E-state index is 0.209. The zero-order valence-corrected chi connectivity index (χ0v) is 12.3. The Morgan fingerprint density at radius 3 is 2.47 bits per heavy atom. The van der Waals surface area contributed by atoms with Gasteiger partial charge in [-0.3, -0.25) is 4.90 Å². The van der Waals surface area contributed by atoms with Gasteiger partial charge >= 0.3 is 0 Å². The lowest BCUT2D eigenvalue weighted by molar-refractivity contribution is 0.353. The van der Waals surface area contributed by atoms with Gasteiger partial charge in [0.05, 0.1) is 0 Å². The van der Waals surface area contributed by atoms with Crippen LogP contribution in [0.4, 0.5) is 0 Å². The highest BCUT2D eigenvalue weighted by molar-refractivity contribution is 5.87. The molecule has 0 bridgehead atoms. The van der Waals surface area contributed by atoms with Crippen LogP contribution < -0.4 is 5.73 Å². The van der Waals surface area contributed by atoms with Crippen molar-refractivity contribution in [3.8, 4) is 0 Å². The number of fused-ring (bicyclic) bond motifs is 2. The summed E-state index contributed by atoms with van der Waals surface area (Å²) >= 11 is 0. The SMILES string of the molecule is Cc1c(CC(C)N)c2cc3c(cc2n1C)CN(C)C3. The lowest BCUT2D eigenvalue weighted by atomic mass is 10.0. The van der Waals surface area contributed by atoms with Gasteiger partial charge in [-0.15, -0.1) is 0 Å². The zero-order valence-electron chi connectivity index (χ0n) is 12.3. The molecule has 0 saturated heterocycles. The van der Waals surface area contributed by atoms with E-state index in [0.717, 1.165) is 19.5 Å². The first kappa shape index (κ1) is 12.7. The number of nitrogens with two attached hydrogens (primary N) is 1. The average molecular weight is 257 g/mol. The maximum atomic E-state index is 6.01. The van der Waals surface area contributed by atoms with Crippen LogP contribution in [0.1, 0.15) is 29.3 Å². The maximum absolute atomic E-state index is 6.01. The van der Waals surface area contributed by atoms with Gasteiger partial charge in [0.1, 0.15) is 0 Å². The van der Waals surface area contributed by atoms with Crippen molar-refractivity contribution in [2.45, 2.75) is 39.4 Å². The number of benzene rings is 1. The highest BCUT2D eigenvalue weighted by Gasteiger charge is 2.20. The molecule has 3 nitrogen and oxygen atoms in total. The third-order valence-electron chi connectivity index (χ3n) is 4.35. The molecule has 1 aliphatic rings. The molecule has 1 aliphatic heterocycles. The Bertz CT molecular complexity index is 637. The molecule has 3 heteroatoms. The molecule has 0 amide bonds.